The Morgan fingerprint density at radius 3 is 2.45 bits per heavy atom. The first-order chi connectivity index (χ1) is 18.5. The second-order valence-corrected chi connectivity index (χ2v) is 9.43. The molecule has 2 N–H and O–H groups in total. The first-order valence-electron chi connectivity index (χ1n) is 11.8. The molecule has 10 heteroatoms. The molecular formula is C28H24FN3O5S. The standard InChI is InChI=1S/C28H24FN3O5S/c1-35-25-14-20-22(15-26(25)36-2)30-11-10-23(20)37-24-9-8-17(12-21(24)29)31-28(34)32-38-27(33)19-13-18(19)16-6-4-3-5-7-16/h3-12,14-15,18-19H,13H2,1-2H3,(H2,31,32,34). The monoisotopic (exact) mass is 533 g/mol. The number of carbonyl (C=O) groups is 2. The minimum absolute atomic E-state index is 0.0384. The maximum absolute atomic E-state index is 14.9. The van der Waals surface area contributed by atoms with Gasteiger partial charge in [-0.05, 0) is 42.2 Å². The predicted octanol–water partition coefficient (Wildman–Crippen LogP) is 6.28. The lowest BCUT2D eigenvalue weighted by atomic mass is 10.1. The van der Waals surface area contributed by atoms with Crippen LogP contribution in [0.1, 0.15) is 17.9 Å². The number of carbonyl (C=O) groups excluding carboxylic acids is 2. The molecule has 1 saturated carbocycles. The molecule has 0 radical (unpaired) electrons. The van der Waals surface area contributed by atoms with Crippen molar-refractivity contribution in [3.8, 4) is 23.0 Å². The van der Waals surface area contributed by atoms with Gasteiger partial charge in [-0.1, -0.05) is 30.3 Å². The number of pyridine rings is 1. The van der Waals surface area contributed by atoms with Crippen LogP contribution in [0.25, 0.3) is 10.9 Å². The molecule has 0 spiro atoms. The van der Waals surface area contributed by atoms with E-state index in [0.29, 0.717) is 28.2 Å². The highest BCUT2D eigenvalue weighted by Crippen LogP contribution is 2.49. The SMILES string of the molecule is COc1cc2nccc(Oc3ccc(NC(=O)NSC(=O)C4CC4c4ccccc4)cc3F)c2cc1OC. The van der Waals surface area contributed by atoms with E-state index in [9.17, 15) is 14.0 Å². The van der Waals surface area contributed by atoms with Crippen molar-refractivity contribution in [2.24, 2.45) is 5.92 Å². The van der Waals surface area contributed by atoms with Crippen molar-refractivity contribution in [3.63, 3.8) is 0 Å². The van der Waals surface area contributed by atoms with Crippen LogP contribution < -0.4 is 24.2 Å². The summed E-state index contributed by atoms with van der Waals surface area (Å²) in [5, 5.41) is 3.03. The van der Waals surface area contributed by atoms with Gasteiger partial charge in [-0.25, -0.2) is 9.18 Å². The fraction of sp³-hybridized carbons (Fsp3) is 0.179. The Bertz CT molecular complexity index is 1500. The summed E-state index contributed by atoms with van der Waals surface area (Å²) < 4.78 is 33.8. The first kappa shape index (κ1) is 25.3. The molecule has 0 aliphatic heterocycles. The largest absolute Gasteiger partial charge is 0.493 e. The number of ether oxygens (including phenoxy) is 3. The van der Waals surface area contributed by atoms with E-state index in [0.717, 1.165) is 30.0 Å². The topological polar surface area (TPSA) is 98.8 Å². The quantitative estimate of drug-likeness (QED) is 0.270. The van der Waals surface area contributed by atoms with E-state index in [1.54, 1.807) is 24.4 Å². The summed E-state index contributed by atoms with van der Waals surface area (Å²) in [4.78, 5) is 29.0. The van der Waals surface area contributed by atoms with Crippen molar-refractivity contribution in [2.45, 2.75) is 12.3 Å². The summed E-state index contributed by atoms with van der Waals surface area (Å²) in [6.07, 6.45) is 2.31. The molecule has 4 aromatic rings. The summed E-state index contributed by atoms with van der Waals surface area (Å²) in [7, 11) is 3.05. The van der Waals surface area contributed by atoms with E-state index in [4.69, 9.17) is 14.2 Å². The van der Waals surface area contributed by atoms with Gasteiger partial charge < -0.3 is 19.5 Å². The number of rotatable bonds is 7. The highest BCUT2D eigenvalue weighted by molar-refractivity contribution is 8.12. The zero-order valence-electron chi connectivity index (χ0n) is 20.6. The van der Waals surface area contributed by atoms with Crippen LogP contribution in [0, 0.1) is 11.7 Å². The van der Waals surface area contributed by atoms with Crippen molar-refractivity contribution >= 4 is 39.7 Å². The van der Waals surface area contributed by atoms with Crippen molar-refractivity contribution in [3.05, 3.63) is 84.3 Å². The molecule has 8 nitrogen and oxygen atoms in total. The van der Waals surface area contributed by atoms with E-state index in [2.05, 4.69) is 15.0 Å². The molecule has 3 aromatic carbocycles. The zero-order chi connectivity index (χ0) is 26.6. The average Bonchev–Trinajstić information content (AvgIpc) is 3.74. The molecule has 0 bridgehead atoms. The van der Waals surface area contributed by atoms with Gasteiger partial charge in [0.2, 0.25) is 5.12 Å². The van der Waals surface area contributed by atoms with E-state index < -0.39 is 11.8 Å². The molecule has 2 amide bonds. The van der Waals surface area contributed by atoms with Crippen LogP contribution in [0.3, 0.4) is 0 Å². The van der Waals surface area contributed by atoms with Crippen LogP contribution in [0.4, 0.5) is 14.9 Å². The first-order valence-corrected chi connectivity index (χ1v) is 12.6. The third-order valence-electron chi connectivity index (χ3n) is 6.18. The van der Waals surface area contributed by atoms with E-state index in [-0.39, 0.29) is 28.4 Å². The number of methoxy groups -OCH3 is 2. The highest BCUT2D eigenvalue weighted by atomic mass is 32.2. The van der Waals surface area contributed by atoms with E-state index in [1.165, 1.54) is 26.4 Å². The zero-order valence-corrected chi connectivity index (χ0v) is 21.4. The van der Waals surface area contributed by atoms with Crippen LogP contribution in [0.2, 0.25) is 0 Å². The number of aromatic nitrogens is 1. The fourth-order valence-corrected chi connectivity index (χ4v) is 4.83. The number of urea groups is 1. The summed E-state index contributed by atoms with van der Waals surface area (Å²) in [6, 6.07) is 18.3. The van der Waals surface area contributed by atoms with Gasteiger partial charge in [0.15, 0.2) is 23.1 Å². The number of nitrogens with zero attached hydrogens (tertiary/aromatic N) is 1. The van der Waals surface area contributed by atoms with Crippen molar-refractivity contribution in [2.75, 3.05) is 19.5 Å². The third-order valence-corrected chi connectivity index (χ3v) is 6.97. The second-order valence-electron chi connectivity index (χ2n) is 8.62. The number of halogens is 1. The van der Waals surface area contributed by atoms with Crippen molar-refractivity contribution in [1.82, 2.24) is 9.71 Å². The smallest absolute Gasteiger partial charge is 0.329 e. The molecular weight excluding hydrogens is 509 g/mol. The second kappa shape index (κ2) is 11.0. The van der Waals surface area contributed by atoms with Crippen LogP contribution in [0.15, 0.2) is 72.9 Å². The lowest BCUT2D eigenvalue weighted by molar-refractivity contribution is -0.112. The Morgan fingerprint density at radius 2 is 1.71 bits per heavy atom. The van der Waals surface area contributed by atoms with Gasteiger partial charge in [0.1, 0.15) is 5.75 Å². The highest BCUT2D eigenvalue weighted by Gasteiger charge is 2.44. The molecule has 5 rings (SSSR count). The molecule has 38 heavy (non-hydrogen) atoms. The molecule has 1 aliphatic carbocycles. The number of benzene rings is 3. The molecule has 1 aliphatic rings. The van der Waals surface area contributed by atoms with Gasteiger partial charge in [0.25, 0.3) is 0 Å². The van der Waals surface area contributed by atoms with E-state index >= 15 is 0 Å². The molecule has 2 unspecified atom stereocenters. The summed E-state index contributed by atoms with van der Waals surface area (Å²) in [5.74, 6) is 0.710. The predicted molar refractivity (Wildman–Crippen MR) is 143 cm³/mol. The molecule has 2 atom stereocenters. The Morgan fingerprint density at radius 1 is 0.947 bits per heavy atom. The van der Waals surface area contributed by atoms with Gasteiger partial charge in [0, 0.05) is 47.3 Å². The van der Waals surface area contributed by atoms with Crippen molar-refractivity contribution < 1.29 is 28.2 Å². The number of hydrogen-bond donors (Lipinski definition) is 2. The van der Waals surface area contributed by atoms with Gasteiger partial charge in [-0.3, -0.25) is 14.5 Å². The van der Waals surface area contributed by atoms with Gasteiger partial charge >= 0.3 is 6.03 Å². The van der Waals surface area contributed by atoms with Crippen LogP contribution in [0.5, 0.6) is 23.0 Å². The Hall–Kier alpha value is -4.31. The average molecular weight is 534 g/mol. The number of hydrogen-bond acceptors (Lipinski definition) is 7. The van der Waals surface area contributed by atoms with Gasteiger partial charge in [-0.2, -0.15) is 0 Å². The molecule has 1 heterocycles. The summed E-state index contributed by atoms with van der Waals surface area (Å²) in [5.41, 5.74) is 1.91. The molecule has 0 saturated heterocycles. The van der Waals surface area contributed by atoms with Crippen LogP contribution >= 0.6 is 11.9 Å². The summed E-state index contributed by atoms with van der Waals surface area (Å²) in [6.45, 7) is 0. The fourth-order valence-electron chi connectivity index (χ4n) is 4.17. The molecule has 1 aromatic heterocycles. The Labute approximate surface area is 222 Å². The number of nitrogens with one attached hydrogen (secondary N) is 2. The normalized spacial score (nSPS) is 16.0. The number of fused-ring (bicyclic) bond motifs is 1. The Balaban J connectivity index is 1.20. The lowest BCUT2D eigenvalue weighted by Crippen LogP contribution is -2.24. The summed E-state index contributed by atoms with van der Waals surface area (Å²) >= 11 is 0.744. The molecule has 194 valence electrons. The van der Waals surface area contributed by atoms with Gasteiger partial charge in [-0.15, -0.1) is 0 Å². The van der Waals surface area contributed by atoms with Crippen LogP contribution in [-0.4, -0.2) is 30.3 Å². The lowest BCUT2D eigenvalue weighted by Gasteiger charge is -2.13. The maximum atomic E-state index is 14.9. The minimum atomic E-state index is -0.680. The third kappa shape index (κ3) is 5.50. The Kier molecular flexibility index (Phi) is 7.32. The minimum Gasteiger partial charge on any atom is -0.493 e. The maximum Gasteiger partial charge on any atom is 0.329 e. The van der Waals surface area contributed by atoms with Crippen LogP contribution in [-0.2, 0) is 4.79 Å². The number of anilines is 1. The number of amides is 2. The molecule has 1 fully saturated rings. The van der Waals surface area contributed by atoms with Crippen molar-refractivity contribution in [1.29, 1.82) is 0 Å². The van der Waals surface area contributed by atoms with E-state index in [1.807, 2.05) is 30.3 Å². The van der Waals surface area contributed by atoms with Gasteiger partial charge in [0.05, 0.1) is 19.7 Å².